The minimum absolute atomic E-state index is 0.0497. The number of nitrogens with zero attached hydrogens (tertiary/aromatic N) is 3. The number of carbonyl (C=O) groups is 1. The van der Waals surface area contributed by atoms with Crippen molar-refractivity contribution in [3.63, 3.8) is 0 Å². The first-order valence-electron chi connectivity index (χ1n) is 6.45. The number of anilines is 1. The van der Waals surface area contributed by atoms with E-state index in [0.29, 0.717) is 28.2 Å². The molecule has 9 heteroatoms. The summed E-state index contributed by atoms with van der Waals surface area (Å²) in [6, 6.07) is 4.93. The van der Waals surface area contributed by atoms with Gasteiger partial charge in [-0.15, -0.1) is 0 Å². The fourth-order valence-electron chi connectivity index (χ4n) is 1.75. The molecule has 0 saturated carbocycles. The summed E-state index contributed by atoms with van der Waals surface area (Å²) >= 11 is 5.99. The molecule has 0 amide bonds. The quantitative estimate of drug-likeness (QED) is 0.733. The maximum atomic E-state index is 11.5. The van der Waals surface area contributed by atoms with Crippen LogP contribution in [0, 0.1) is 0 Å². The third kappa shape index (κ3) is 4.17. The molecule has 0 bridgehead atoms. The van der Waals surface area contributed by atoms with Gasteiger partial charge < -0.3 is 4.74 Å². The van der Waals surface area contributed by atoms with Crippen molar-refractivity contribution < 1.29 is 17.9 Å². The molecule has 2 aromatic rings. The lowest BCUT2D eigenvalue weighted by Crippen LogP contribution is -2.26. The van der Waals surface area contributed by atoms with E-state index in [9.17, 15) is 13.2 Å². The van der Waals surface area contributed by atoms with Crippen molar-refractivity contribution in [1.82, 2.24) is 9.97 Å². The highest BCUT2D eigenvalue weighted by atomic mass is 35.5. The van der Waals surface area contributed by atoms with E-state index in [1.54, 1.807) is 18.2 Å². The van der Waals surface area contributed by atoms with Crippen LogP contribution >= 0.6 is 11.6 Å². The van der Waals surface area contributed by atoms with Crippen molar-refractivity contribution in [2.24, 2.45) is 0 Å². The first-order chi connectivity index (χ1) is 10.8. The molecule has 0 radical (unpaired) electrons. The maximum absolute atomic E-state index is 11.5. The highest BCUT2D eigenvalue weighted by molar-refractivity contribution is 7.92. The summed E-state index contributed by atoms with van der Waals surface area (Å²) in [6.07, 6.45) is 4.62. The Morgan fingerprint density at radius 3 is 2.52 bits per heavy atom. The van der Waals surface area contributed by atoms with E-state index in [1.165, 1.54) is 19.4 Å². The molecular weight excluding hydrogens is 342 g/mol. The van der Waals surface area contributed by atoms with Gasteiger partial charge >= 0.3 is 0 Å². The van der Waals surface area contributed by atoms with Gasteiger partial charge in [0.05, 0.1) is 6.26 Å². The summed E-state index contributed by atoms with van der Waals surface area (Å²) in [5.41, 5.74) is 1.19. The van der Waals surface area contributed by atoms with E-state index in [2.05, 4.69) is 9.97 Å². The van der Waals surface area contributed by atoms with Crippen molar-refractivity contribution in [3.8, 4) is 16.9 Å². The van der Waals surface area contributed by atoms with Crippen molar-refractivity contribution in [3.05, 3.63) is 35.6 Å². The molecule has 0 fully saturated rings. The minimum atomic E-state index is -3.44. The fourth-order valence-corrected chi connectivity index (χ4v) is 2.31. The Morgan fingerprint density at radius 2 is 1.96 bits per heavy atom. The van der Waals surface area contributed by atoms with E-state index in [-0.39, 0.29) is 12.6 Å². The van der Waals surface area contributed by atoms with E-state index in [4.69, 9.17) is 16.3 Å². The van der Waals surface area contributed by atoms with Crippen LogP contribution in [-0.2, 0) is 14.8 Å². The summed E-state index contributed by atoms with van der Waals surface area (Å²) in [7, 11) is -2.07. The molecule has 7 nitrogen and oxygen atoms in total. The van der Waals surface area contributed by atoms with Gasteiger partial charge in [0, 0.05) is 35.6 Å². The molecule has 0 spiro atoms. The number of hydrogen-bond acceptors (Lipinski definition) is 6. The van der Waals surface area contributed by atoms with Gasteiger partial charge in [-0.25, -0.2) is 22.7 Å². The van der Waals surface area contributed by atoms with Crippen LogP contribution in [0.1, 0.15) is 0 Å². The Kier molecular flexibility index (Phi) is 5.17. The Balaban J connectivity index is 2.39. The summed E-state index contributed by atoms with van der Waals surface area (Å²) in [5, 5.41) is 0.482. The molecule has 2 rings (SSSR count). The van der Waals surface area contributed by atoms with Crippen LogP contribution in [0.3, 0.4) is 0 Å². The topological polar surface area (TPSA) is 89.5 Å². The van der Waals surface area contributed by atoms with Crippen LogP contribution in [0.25, 0.3) is 11.1 Å². The molecule has 0 saturated heterocycles. The normalized spacial score (nSPS) is 11.1. The van der Waals surface area contributed by atoms with E-state index >= 15 is 0 Å². The van der Waals surface area contributed by atoms with Crippen LogP contribution in [0.4, 0.5) is 5.95 Å². The number of ether oxygens (including phenoxy) is 1. The van der Waals surface area contributed by atoms with Crippen LogP contribution in [-0.4, -0.2) is 44.6 Å². The van der Waals surface area contributed by atoms with Crippen molar-refractivity contribution in [2.45, 2.75) is 0 Å². The zero-order valence-corrected chi connectivity index (χ0v) is 14.0. The third-order valence-corrected chi connectivity index (χ3v) is 4.37. The number of hydrogen-bond donors (Lipinski definition) is 0. The number of halogens is 1. The van der Waals surface area contributed by atoms with Crippen molar-refractivity contribution >= 4 is 33.9 Å². The summed E-state index contributed by atoms with van der Waals surface area (Å²) in [4.78, 5) is 18.5. The molecule has 1 aromatic heterocycles. The lowest BCUT2D eigenvalue weighted by atomic mass is 10.1. The second-order valence-corrected chi connectivity index (χ2v) is 7.07. The largest absolute Gasteiger partial charge is 0.485 e. The lowest BCUT2D eigenvalue weighted by molar-refractivity contribution is -0.109. The van der Waals surface area contributed by atoms with Gasteiger partial charge in [0.2, 0.25) is 16.0 Å². The number of benzene rings is 1. The van der Waals surface area contributed by atoms with Crippen LogP contribution < -0.4 is 9.04 Å². The Labute approximate surface area is 138 Å². The zero-order chi connectivity index (χ0) is 17.0. The highest BCUT2D eigenvalue weighted by Gasteiger charge is 2.15. The number of carbonyl (C=O) groups excluding carboxylic acids is 1. The molecule has 0 aliphatic rings. The fraction of sp³-hybridized carbons (Fsp3) is 0.214. The number of sulfonamides is 1. The molecule has 1 heterocycles. The highest BCUT2D eigenvalue weighted by Crippen LogP contribution is 2.32. The van der Waals surface area contributed by atoms with Crippen LogP contribution in [0.5, 0.6) is 5.75 Å². The molecule has 1 aromatic carbocycles. The van der Waals surface area contributed by atoms with E-state index in [0.717, 1.165) is 10.6 Å². The number of aromatic nitrogens is 2. The minimum Gasteiger partial charge on any atom is -0.485 e. The first kappa shape index (κ1) is 17.2. The monoisotopic (exact) mass is 355 g/mol. The Morgan fingerprint density at radius 1 is 1.30 bits per heavy atom. The lowest BCUT2D eigenvalue weighted by Gasteiger charge is -2.15. The van der Waals surface area contributed by atoms with Crippen LogP contribution in [0.2, 0.25) is 5.02 Å². The first-order valence-corrected chi connectivity index (χ1v) is 8.68. The molecule has 0 atom stereocenters. The van der Waals surface area contributed by atoms with E-state index in [1.807, 2.05) is 0 Å². The SMILES string of the molecule is CN(c1ncc(-c2cc(Cl)ccc2OCC=O)cn1)S(C)(=O)=O. The van der Waals surface area contributed by atoms with E-state index < -0.39 is 10.0 Å². The van der Waals surface area contributed by atoms with Gasteiger partial charge in [-0.2, -0.15) is 0 Å². The van der Waals surface area contributed by atoms with Crippen LogP contribution in [0.15, 0.2) is 30.6 Å². The second kappa shape index (κ2) is 6.93. The molecule has 0 aliphatic heterocycles. The molecule has 0 aliphatic carbocycles. The summed E-state index contributed by atoms with van der Waals surface area (Å²) in [6.45, 7) is -0.0929. The predicted octanol–water partition coefficient (Wildman–Crippen LogP) is 1.77. The number of rotatable bonds is 6. The average Bonchev–Trinajstić information content (AvgIpc) is 2.52. The van der Waals surface area contributed by atoms with Gasteiger partial charge in [0.1, 0.15) is 12.4 Å². The van der Waals surface area contributed by atoms with Gasteiger partial charge in [-0.1, -0.05) is 11.6 Å². The molecule has 23 heavy (non-hydrogen) atoms. The predicted molar refractivity (Wildman–Crippen MR) is 87.3 cm³/mol. The third-order valence-electron chi connectivity index (χ3n) is 2.98. The molecular formula is C14H14ClN3O4S. The molecule has 0 N–H and O–H groups in total. The van der Waals surface area contributed by atoms with Crippen molar-refractivity contribution in [2.75, 3.05) is 24.2 Å². The smallest absolute Gasteiger partial charge is 0.238 e. The summed E-state index contributed by atoms with van der Waals surface area (Å²) < 4.78 is 29.3. The van der Waals surface area contributed by atoms with Gasteiger partial charge in [-0.05, 0) is 18.2 Å². The zero-order valence-electron chi connectivity index (χ0n) is 12.4. The Bertz CT molecular complexity index is 809. The van der Waals surface area contributed by atoms with Crippen molar-refractivity contribution in [1.29, 1.82) is 0 Å². The molecule has 0 unspecified atom stereocenters. The number of aldehydes is 1. The van der Waals surface area contributed by atoms with Gasteiger partial charge in [0.25, 0.3) is 0 Å². The standard InChI is InChI=1S/C14H14ClN3O4S/c1-18(23(2,20)21)14-16-8-10(9-17-14)12-7-11(15)3-4-13(12)22-6-5-19/h3-5,7-9H,6H2,1-2H3. The average molecular weight is 356 g/mol. The maximum Gasteiger partial charge on any atom is 0.238 e. The van der Waals surface area contributed by atoms with Gasteiger partial charge in [0.15, 0.2) is 6.29 Å². The Hall–Kier alpha value is -2.19. The van der Waals surface area contributed by atoms with Gasteiger partial charge in [-0.3, -0.25) is 4.79 Å². The summed E-state index contributed by atoms with van der Waals surface area (Å²) in [5.74, 6) is 0.503. The second-order valence-electron chi connectivity index (χ2n) is 4.62. The molecule has 122 valence electrons.